The van der Waals surface area contributed by atoms with Crippen LogP contribution in [0.25, 0.3) is 0 Å². The van der Waals surface area contributed by atoms with E-state index in [1.165, 1.54) is 18.3 Å². The quantitative estimate of drug-likeness (QED) is 0.242. The molecule has 0 aromatic heterocycles. The number of hydrazone groups is 1. The zero-order valence-corrected chi connectivity index (χ0v) is 20.3. The number of sulfonamides is 1. The lowest BCUT2D eigenvalue weighted by Crippen LogP contribution is -2.39. The van der Waals surface area contributed by atoms with Gasteiger partial charge in [-0.25, -0.2) is 13.8 Å². The zero-order valence-electron chi connectivity index (χ0n) is 17.3. The first kappa shape index (κ1) is 23.7. The van der Waals surface area contributed by atoms with Gasteiger partial charge in [-0.3, -0.25) is 9.10 Å². The number of benzene rings is 3. The van der Waals surface area contributed by atoms with Crippen molar-refractivity contribution in [2.45, 2.75) is 11.8 Å². The summed E-state index contributed by atoms with van der Waals surface area (Å²) >= 11 is 2.13. The van der Waals surface area contributed by atoms with E-state index in [2.05, 4.69) is 33.1 Å². The number of hydrogen-bond acceptors (Lipinski definition) is 5. The molecule has 7 nitrogen and oxygen atoms in total. The van der Waals surface area contributed by atoms with Crippen LogP contribution in [0, 0.1) is 3.57 Å². The summed E-state index contributed by atoms with van der Waals surface area (Å²) in [5.41, 5.74) is 3.55. The monoisotopic (exact) mass is 563 g/mol. The largest absolute Gasteiger partial charge is 0.494 e. The van der Waals surface area contributed by atoms with E-state index in [1.807, 2.05) is 6.92 Å². The van der Waals surface area contributed by atoms with Crippen LogP contribution in [0.15, 0.2) is 88.9 Å². The minimum Gasteiger partial charge on any atom is -0.494 e. The number of carbonyl (C=O) groups is 1. The lowest BCUT2D eigenvalue weighted by Gasteiger charge is -2.23. The summed E-state index contributed by atoms with van der Waals surface area (Å²) in [6.45, 7) is 2.06. The Morgan fingerprint density at radius 2 is 1.69 bits per heavy atom. The fourth-order valence-corrected chi connectivity index (χ4v) is 4.61. The Balaban J connectivity index is 1.75. The van der Waals surface area contributed by atoms with E-state index in [4.69, 9.17) is 4.74 Å². The van der Waals surface area contributed by atoms with Gasteiger partial charge in [-0.15, -0.1) is 0 Å². The molecule has 0 aliphatic rings. The van der Waals surface area contributed by atoms with Crippen molar-refractivity contribution in [1.82, 2.24) is 5.43 Å². The molecule has 0 unspecified atom stereocenters. The lowest BCUT2D eigenvalue weighted by molar-refractivity contribution is -0.119. The van der Waals surface area contributed by atoms with Gasteiger partial charge in [0.05, 0.1) is 23.4 Å². The Morgan fingerprint density at radius 1 is 1.03 bits per heavy atom. The molecule has 0 atom stereocenters. The van der Waals surface area contributed by atoms with Crippen molar-refractivity contribution in [1.29, 1.82) is 0 Å². The Bertz CT molecular complexity index is 1170. The van der Waals surface area contributed by atoms with Gasteiger partial charge < -0.3 is 4.74 Å². The highest BCUT2D eigenvalue weighted by Crippen LogP contribution is 2.24. The van der Waals surface area contributed by atoms with Crippen LogP contribution in [0.4, 0.5) is 5.69 Å². The molecule has 0 fully saturated rings. The molecule has 3 aromatic carbocycles. The lowest BCUT2D eigenvalue weighted by atomic mass is 10.2. The molecule has 0 aliphatic heterocycles. The Labute approximate surface area is 201 Å². The van der Waals surface area contributed by atoms with E-state index >= 15 is 0 Å². The van der Waals surface area contributed by atoms with Crippen LogP contribution >= 0.6 is 22.6 Å². The number of hydrogen-bond donors (Lipinski definition) is 1. The maximum atomic E-state index is 13.2. The number of carbonyl (C=O) groups excluding carboxylic acids is 1. The second-order valence-electron chi connectivity index (χ2n) is 6.60. The molecule has 0 saturated carbocycles. The molecule has 32 heavy (non-hydrogen) atoms. The van der Waals surface area contributed by atoms with Gasteiger partial charge in [-0.2, -0.15) is 5.10 Å². The van der Waals surface area contributed by atoms with E-state index < -0.39 is 22.5 Å². The van der Waals surface area contributed by atoms with Crippen LogP contribution in [-0.4, -0.2) is 33.7 Å². The molecular weight excluding hydrogens is 541 g/mol. The molecule has 0 aliphatic carbocycles. The average Bonchev–Trinajstić information content (AvgIpc) is 2.80. The summed E-state index contributed by atoms with van der Waals surface area (Å²) in [5, 5.41) is 3.94. The molecular formula is C23H22IN3O4S. The smallest absolute Gasteiger partial charge is 0.264 e. The van der Waals surface area contributed by atoms with Crippen molar-refractivity contribution in [2.24, 2.45) is 5.10 Å². The fourth-order valence-electron chi connectivity index (χ4n) is 2.80. The van der Waals surface area contributed by atoms with Gasteiger partial charge in [0.15, 0.2) is 0 Å². The fraction of sp³-hybridized carbons (Fsp3) is 0.130. The Morgan fingerprint density at radius 3 is 2.31 bits per heavy atom. The molecule has 0 heterocycles. The van der Waals surface area contributed by atoms with E-state index in [0.29, 0.717) is 12.3 Å². The molecule has 166 valence electrons. The second kappa shape index (κ2) is 11.1. The minimum absolute atomic E-state index is 0.101. The molecule has 0 saturated heterocycles. The highest BCUT2D eigenvalue weighted by molar-refractivity contribution is 14.1. The Kier molecular flexibility index (Phi) is 8.23. The molecule has 0 bridgehead atoms. The third-order valence-electron chi connectivity index (χ3n) is 4.33. The third kappa shape index (κ3) is 6.30. The van der Waals surface area contributed by atoms with Crippen molar-refractivity contribution in [3.8, 4) is 5.75 Å². The SMILES string of the molecule is CCOc1ccc(/C=N\NC(=O)CN(c2ccc(I)cc2)S(=O)(=O)c2ccccc2)cc1. The van der Waals surface area contributed by atoms with E-state index in [-0.39, 0.29) is 4.90 Å². The van der Waals surface area contributed by atoms with Gasteiger partial charge >= 0.3 is 0 Å². The average molecular weight is 563 g/mol. The second-order valence-corrected chi connectivity index (χ2v) is 9.70. The summed E-state index contributed by atoms with van der Waals surface area (Å²) in [5.74, 6) is 0.179. The van der Waals surface area contributed by atoms with Crippen LogP contribution in [0.2, 0.25) is 0 Å². The van der Waals surface area contributed by atoms with Crippen molar-refractivity contribution in [2.75, 3.05) is 17.5 Å². The number of amides is 1. The topological polar surface area (TPSA) is 88.1 Å². The van der Waals surface area contributed by atoms with Gasteiger partial charge in [-0.1, -0.05) is 18.2 Å². The highest BCUT2D eigenvalue weighted by atomic mass is 127. The predicted molar refractivity (Wildman–Crippen MR) is 133 cm³/mol. The maximum absolute atomic E-state index is 13.2. The van der Waals surface area contributed by atoms with Crippen LogP contribution < -0.4 is 14.5 Å². The van der Waals surface area contributed by atoms with E-state index in [0.717, 1.165) is 19.2 Å². The third-order valence-corrected chi connectivity index (χ3v) is 6.83. The molecule has 3 aromatic rings. The number of rotatable bonds is 9. The highest BCUT2D eigenvalue weighted by Gasteiger charge is 2.27. The first-order valence-corrected chi connectivity index (χ1v) is 12.3. The van der Waals surface area contributed by atoms with E-state index in [9.17, 15) is 13.2 Å². The molecule has 1 N–H and O–H groups in total. The van der Waals surface area contributed by atoms with Crippen LogP contribution in [-0.2, 0) is 14.8 Å². The first-order valence-electron chi connectivity index (χ1n) is 9.78. The maximum Gasteiger partial charge on any atom is 0.264 e. The number of halogens is 1. The van der Waals surface area contributed by atoms with Crippen LogP contribution in [0.1, 0.15) is 12.5 Å². The van der Waals surface area contributed by atoms with Crippen molar-refractivity contribution in [3.63, 3.8) is 0 Å². The normalized spacial score (nSPS) is 11.3. The standard InChI is InChI=1S/C23H22IN3O4S/c1-2-31-21-14-8-18(9-15-21)16-25-26-23(28)17-27(20-12-10-19(24)11-13-20)32(29,30)22-6-4-3-5-7-22/h3-16H,2,17H2,1H3,(H,26,28)/b25-16-. The van der Waals surface area contributed by atoms with Gasteiger partial charge in [0.1, 0.15) is 12.3 Å². The molecule has 0 radical (unpaired) electrons. The number of ether oxygens (including phenoxy) is 1. The van der Waals surface area contributed by atoms with Gasteiger partial charge in [-0.05, 0) is 95.7 Å². The first-order chi connectivity index (χ1) is 15.4. The number of nitrogens with one attached hydrogen (secondary N) is 1. The summed E-state index contributed by atoms with van der Waals surface area (Å²) in [6.07, 6.45) is 1.48. The number of nitrogens with zero attached hydrogens (tertiary/aromatic N) is 2. The van der Waals surface area contributed by atoms with E-state index in [1.54, 1.807) is 66.7 Å². The predicted octanol–water partition coefficient (Wildman–Crippen LogP) is 4.04. The van der Waals surface area contributed by atoms with Gasteiger partial charge in [0.25, 0.3) is 15.9 Å². The summed E-state index contributed by atoms with van der Waals surface area (Å²) in [4.78, 5) is 12.6. The number of anilines is 1. The van der Waals surface area contributed by atoms with Gasteiger partial charge in [0.2, 0.25) is 0 Å². The van der Waals surface area contributed by atoms with Crippen molar-refractivity contribution >= 4 is 50.4 Å². The molecule has 3 rings (SSSR count). The molecule has 9 heteroatoms. The Hall–Kier alpha value is -2.92. The van der Waals surface area contributed by atoms with Crippen LogP contribution in [0.5, 0.6) is 5.75 Å². The van der Waals surface area contributed by atoms with Crippen molar-refractivity contribution < 1.29 is 17.9 Å². The van der Waals surface area contributed by atoms with Gasteiger partial charge in [0, 0.05) is 3.57 Å². The summed E-state index contributed by atoms with van der Waals surface area (Å²) in [6, 6.07) is 22.1. The van der Waals surface area contributed by atoms with Crippen LogP contribution in [0.3, 0.4) is 0 Å². The zero-order chi connectivity index (χ0) is 23.0. The summed E-state index contributed by atoms with van der Waals surface area (Å²) in [7, 11) is -3.95. The minimum atomic E-state index is -3.95. The molecule has 0 spiro atoms. The molecule has 1 amide bonds. The van der Waals surface area contributed by atoms with Crippen molar-refractivity contribution in [3.05, 3.63) is 88.0 Å². The summed E-state index contributed by atoms with van der Waals surface area (Å²) < 4.78 is 33.9.